The van der Waals surface area contributed by atoms with E-state index in [1.807, 2.05) is 24.3 Å². The fraction of sp³-hybridized carbons (Fsp3) is 0.350. The maximum Gasteiger partial charge on any atom is 0.189 e. The molecule has 2 aliphatic rings. The first-order valence-electron chi connectivity index (χ1n) is 8.71. The molecule has 4 rings (SSSR count). The van der Waals surface area contributed by atoms with E-state index in [0.717, 1.165) is 36.1 Å². The number of ether oxygens (including phenoxy) is 1. The molecule has 1 fully saturated rings. The van der Waals surface area contributed by atoms with Gasteiger partial charge in [0.05, 0.1) is 19.2 Å². The first kappa shape index (κ1) is 15.9. The number of nitrogens with one attached hydrogen (secondary N) is 1. The van der Waals surface area contributed by atoms with Crippen LogP contribution in [0, 0.1) is 5.82 Å². The Bertz CT molecular complexity index is 801. The monoisotopic (exact) mass is 339 g/mol. The molecule has 1 saturated carbocycles. The third-order valence-electron chi connectivity index (χ3n) is 5.12. The van der Waals surface area contributed by atoms with Crippen LogP contribution in [-0.4, -0.2) is 19.1 Å². The third-order valence-corrected chi connectivity index (χ3v) is 5.12. The van der Waals surface area contributed by atoms with E-state index in [1.165, 1.54) is 6.07 Å². The number of benzene rings is 2. The Morgan fingerprint density at radius 2 is 2.08 bits per heavy atom. The molecule has 0 aromatic heterocycles. The minimum absolute atomic E-state index is 0.0536. The molecule has 0 amide bonds. The van der Waals surface area contributed by atoms with E-state index in [9.17, 15) is 4.39 Å². The van der Waals surface area contributed by atoms with E-state index in [1.54, 1.807) is 12.1 Å². The molecule has 0 saturated heterocycles. The zero-order valence-electron chi connectivity index (χ0n) is 14.0. The molecule has 2 aromatic carbocycles. The van der Waals surface area contributed by atoms with Gasteiger partial charge in [-0.3, -0.25) is 4.99 Å². The fourth-order valence-electron chi connectivity index (χ4n) is 3.46. The van der Waals surface area contributed by atoms with E-state index in [2.05, 4.69) is 16.4 Å². The van der Waals surface area contributed by atoms with Gasteiger partial charge < -0.3 is 15.8 Å². The Hall–Kier alpha value is -2.56. The lowest BCUT2D eigenvalue weighted by Gasteiger charge is -2.27. The van der Waals surface area contributed by atoms with Gasteiger partial charge in [-0.2, -0.15) is 0 Å². The molecular formula is C20H22FN3O. The van der Waals surface area contributed by atoms with Crippen LogP contribution in [0.15, 0.2) is 53.5 Å². The van der Waals surface area contributed by atoms with Gasteiger partial charge in [-0.15, -0.1) is 0 Å². The Labute approximate surface area is 146 Å². The van der Waals surface area contributed by atoms with Crippen LogP contribution in [0.4, 0.5) is 4.39 Å². The summed E-state index contributed by atoms with van der Waals surface area (Å²) in [5.41, 5.74) is 8.20. The van der Waals surface area contributed by atoms with Gasteiger partial charge in [0, 0.05) is 17.4 Å². The molecule has 1 unspecified atom stereocenters. The summed E-state index contributed by atoms with van der Waals surface area (Å²) in [4.78, 5) is 4.55. The molecule has 2 aromatic rings. The predicted molar refractivity (Wildman–Crippen MR) is 96.2 cm³/mol. The van der Waals surface area contributed by atoms with Gasteiger partial charge in [0.25, 0.3) is 0 Å². The van der Waals surface area contributed by atoms with Crippen molar-refractivity contribution < 1.29 is 9.13 Å². The Morgan fingerprint density at radius 1 is 1.24 bits per heavy atom. The van der Waals surface area contributed by atoms with Crippen LogP contribution in [0.5, 0.6) is 5.75 Å². The average Bonchev–Trinajstić information content (AvgIpc) is 3.42. The SMILES string of the molecule is NC(=NCC1(c2cccc(F)c2)CC1)NC1CCOc2ccccc21. The molecule has 1 heterocycles. The smallest absolute Gasteiger partial charge is 0.189 e. The third kappa shape index (κ3) is 3.31. The molecule has 0 radical (unpaired) electrons. The first-order valence-corrected chi connectivity index (χ1v) is 8.71. The highest BCUT2D eigenvalue weighted by Crippen LogP contribution is 2.48. The summed E-state index contributed by atoms with van der Waals surface area (Å²) in [7, 11) is 0. The van der Waals surface area contributed by atoms with Gasteiger partial charge in [0.2, 0.25) is 0 Å². The molecule has 3 N–H and O–H groups in total. The lowest BCUT2D eigenvalue weighted by Crippen LogP contribution is -2.38. The maximum absolute atomic E-state index is 13.5. The molecule has 130 valence electrons. The first-order chi connectivity index (χ1) is 12.2. The normalized spacial score (nSPS) is 21.2. The summed E-state index contributed by atoms with van der Waals surface area (Å²) in [6.07, 6.45) is 2.89. The zero-order chi connectivity index (χ0) is 17.3. The highest BCUT2D eigenvalue weighted by molar-refractivity contribution is 5.78. The number of rotatable bonds is 4. The minimum atomic E-state index is -0.197. The van der Waals surface area contributed by atoms with Gasteiger partial charge >= 0.3 is 0 Å². The van der Waals surface area contributed by atoms with Crippen LogP contribution in [-0.2, 0) is 5.41 Å². The number of hydrogen-bond donors (Lipinski definition) is 2. The summed E-state index contributed by atoms with van der Waals surface area (Å²) in [5.74, 6) is 1.14. The van der Waals surface area contributed by atoms with E-state index < -0.39 is 0 Å². The molecule has 1 aliphatic carbocycles. The van der Waals surface area contributed by atoms with Crippen LogP contribution in [0.25, 0.3) is 0 Å². The highest BCUT2D eigenvalue weighted by atomic mass is 19.1. The molecule has 4 nitrogen and oxygen atoms in total. The van der Waals surface area contributed by atoms with Crippen molar-refractivity contribution in [2.24, 2.45) is 10.7 Å². The number of guanidine groups is 1. The van der Waals surface area contributed by atoms with E-state index >= 15 is 0 Å². The zero-order valence-corrected chi connectivity index (χ0v) is 14.0. The van der Waals surface area contributed by atoms with Crippen molar-refractivity contribution >= 4 is 5.96 Å². The Balaban J connectivity index is 1.45. The van der Waals surface area contributed by atoms with Crippen LogP contribution in [0.2, 0.25) is 0 Å². The number of aliphatic imine (C=N–C) groups is 1. The number of nitrogens with two attached hydrogens (primary N) is 1. The number of halogens is 1. The van der Waals surface area contributed by atoms with E-state index in [0.29, 0.717) is 19.1 Å². The second-order valence-electron chi connectivity index (χ2n) is 6.86. The van der Waals surface area contributed by atoms with Crippen LogP contribution < -0.4 is 15.8 Å². The number of fused-ring (bicyclic) bond motifs is 1. The largest absolute Gasteiger partial charge is 0.493 e. The maximum atomic E-state index is 13.5. The lowest BCUT2D eigenvalue weighted by molar-refractivity contribution is 0.262. The molecule has 5 heteroatoms. The van der Waals surface area contributed by atoms with Crippen molar-refractivity contribution in [3.05, 3.63) is 65.5 Å². The molecule has 1 aliphatic heterocycles. The Morgan fingerprint density at radius 3 is 2.88 bits per heavy atom. The lowest BCUT2D eigenvalue weighted by atomic mass is 9.96. The molecule has 0 bridgehead atoms. The molecule has 1 atom stereocenters. The quantitative estimate of drug-likeness (QED) is 0.664. The van der Waals surface area contributed by atoms with Crippen molar-refractivity contribution in [2.45, 2.75) is 30.7 Å². The van der Waals surface area contributed by atoms with Crippen molar-refractivity contribution in [1.29, 1.82) is 0 Å². The summed E-state index contributed by atoms with van der Waals surface area (Å²) >= 11 is 0. The topological polar surface area (TPSA) is 59.6 Å². The summed E-state index contributed by atoms with van der Waals surface area (Å²) in [6.45, 7) is 1.25. The predicted octanol–water partition coefficient (Wildman–Crippen LogP) is 3.29. The fourth-order valence-corrected chi connectivity index (χ4v) is 3.46. The number of nitrogens with zero attached hydrogens (tertiary/aromatic N) is 1. The highest BCUT2D eigenvalue weighted by Gasteiger charge is 2.44. The second-order valence-corrected chi connectivity index (χ2v) is 6.86. The number of hydrogen-bond acceptors (Lipinski definition) is 2. The Kier molecular flexibility index (Phi) is 4.07. The van der Waals surface area contributed by atoms with E-state index in [-0.39, 0.29) is 17.3 Å². The van der Waals surface area contributed by atoms with Gasteiger partial charge in [0.1, 0.15) is 11.6 Å². The molecule has 0 spiro atoms. The van der Waals surface area contributed by atoms with Crippen molar-refractivity contribution in [3.63, 3.8) is 0 Å². The van der Waals surface area contributed by atoms with Crippen molar-refractivity contribution in [1.82, 2.24) is 5.32 Å². The van der Waals surface area contributed by atoms with Crippen LogP contribution >= 0.6 is 0 Å². The van der Waals surface area contributed by atoms with E-state index in [4.69, 9.17) is 10.5 Å². The number of para-hydroxylation sites is 1. The molecular weight excluding hydrogens is 317 g/mol. The summed E-state index contributed by atoms with van der Waals surface area (Å²) in [5, 5.41) is 3.31. The van der Waals surface area contributed by atoms with Crippen LogP contribution in [0.3, 0.4) is 0 Å². The summed E-state index contributed by atoms with van der Waals surface area (Å²) in [6, 6.07) is 14.9. The van der Waals surface area contributed by atoms with Gasteiger partial charge in [0.15, 0.2) is 5.96 Å². The van der Waals surface area contributed by atoms with Gasteiger partial charge in [-0.25, -0.2) is 4.39 Å². The second kappa shape index (κ2) is 6.39. The van der Waals surface area contributed by atoms with Crippen molar-refractivity contribution in [3.8, 4) is 5.75 Å². The minimum Gasteiger partial charge on any atom is -0.493 e. The van der Waals surface area contributed by atoms with Crippen LogP contribution in [0.1, 0.15) is 36.4 Å². The van der Waals surface area contributed by atoms with Gasteiger partial charge in [-0.05, 0) is 36.6 Å². The van der Waals surface area contributed by atoms with Gasteiger partial charge in [-0.1, -0.05) is 30.3 Å². The standard InChI is InChI=1S/C20H22FN3O/c21-15-5-3-4-14(12-15)20(9-10-20)13-23-19(22)24-17-8-11-25-18-7-2-1-6-16(17)18/h1-7,12,17H,8-11,13H2,(H3,22,23,24). The average molecular weight is 339 g/mol. The molecule has 25 heavy (non-hydrogen) atoms. The van der Waals surface area contributed by atoms with Crippen molar-refractivity contribution in [2.75, 3.05) is 13.2 Å². The summed E-state index contributed by atoms with van der Waals surface area (Å²) < 4.78 is 19.2.